The van der Waals surface area contributed by atoms with Crippen LogP contribution in [0.2, 0.25) is 0 Å². The van der Waals surface area contributed by atoms with E-state index in [9.17, 15) is 14.0 Å². The van der Waals surface area contributed by atoms with Gasteiger partial charge in [-0.05, 0) is 57.2 Å². The monoisotopic (exact) mass is 588 g/mol. The Kier molecular flexibility index (Phi) is 10.1. The highest BCUT2D eigenvalue weighted by atomic mass is 79.9. The number of nitrogens with zero attached hydrogens (tertiary/aromatic N) is 3. The normalized spacial score (nSPS) is 13.8. The van der Waals surface area contributed by atoms with Crippen LogP contribution in [0.3, 0.4) is 0 Å². The largest absolute Gasteiger partial charge is 0.379 e. The number of para-hydroxylation sites is 1. The molecule has 2 aromatic carbocycles. The lowest BCUT2D eigenvalue weighted by atomic mass is 10.2. The zero-order chi connectivity index (χ0) is 26.0. The third-order valence-corrected chi connectivity index (χ3v) is 7.64. The van der Waals surface area contributed by atoms with E-state index >= 15 is 0 Å². The van der Waals surface area contributed by atoms with Gasteiger partial charge < -0.3 is 19.9 Å². The predicted molar refractivity (Wildman–Crippen MR) is 147 cm³/mol. The highest BCUT2D eigenvalue weighted by molar-refractivity contribution is 9.10. The molecule has 0 bridgehead atoms. The van der Waals surface area contributed by atoms with Crippen molar-refractivity contribution in [3.8, 4) is 0 Å². The van der Waals surface area contributed by atoms with Gasteiger partial charge in [0.05, 0.1) is 25.4 Å². The second-order valence-electron chi connectivity index (χ2n) is 8.74. The number of amides is 3. The summed E-state index contributed by atoms with van der Waals surface area (Å²) in [6.45, 7) is 4.60. The Hall–Kier alpha value is -2.79. The van der Waals surface area contributed by atoms with Crippen molar-refractivity contribution >= 4 is 44.9 Å². The van der Waals surface area contributed by atoms with Crippen molar-refractivity contribution in [1.29, 1.82) is 0 Å². The number of carbonyl (C=O) groups excluding carboxylic acids is 2. The molecule has 1 aromatic heterocycles. The molecule has 0 spiro atoms. The lowest BCUT2D eigenvalue weighted by Crippen LogP contribution is -2.48. The number of rotatable bonds is 10. The van der Waals surface area contributed by atoms with Crippen LogP contribution in [0.5, 0.6) is 0 Å². The first-order chi connectivity index (χ1) is 18.0. The van der Waals surface area contributed by atoms with Gasteiger partial charge in [0.15, 0.2) is 0 Å². The van der Waals surface area contributed by atoms with E-state index in [-0.39, 0.29) is 24.3 Å². The van der Waals surface area contributed by atoms with Gasteiger partial charge in [0, 0.05) is 42.1 Å². The third-order valence-electron chi connectivity index (χ3n) is 6.08. The summed E-state index contributed by atoms with van der Waals surface area (Å²) >= 11 is 5.04. The number of hydrogen-bond donors (Lipinski definition) is 1. The van der Waals surface area contributed by atoms with Crippen LogP contribution < -0.4 is 5.32 Å². The minimum absolute atomic E-state index is 0.0762. The third kappa shape index (κ3) is 8.36. The van der Waals surface area contributed by atoms with Crippen LogP contribution in [0.1, 0.15) is 10.4 Å². The zero-order valence-electron chi connectivity index (χ0n) is 20.4. The maximum Gasteiger partial charge on any atom is 0.322 e. The Bertz CT molecular complexity index is 1160. The summed E-state index contributed by atoms with van der Waals surface area (Å²) in [4.78, 5) is 33.5. The van der Waals surface area contributed by atoms with Gasteiger partial charge in [-0.1, -0.05) is 30.3 Å². The van der Waals surface area contributed by atoms with Gasteiger partial charge in [-0.2, -0.15) is 0 Å². The average Bonchev–Trinajstić information content (AvgIpc) is 3.42. The van der Waals surface area contributed by atoms with Crippen molar-refractivity contribution in [2.45, 2.75) is 13.1 Å². The summed E-state index contributed by atoms with van der Waals surface area (Å²) < 4.78 is 19.6. The van der Waals surface area contributed by atoms with Gasteiger partial charge >= 0.3 is 6.03 Å². The quantitative estimate of drug-likeness (QED) is 0.360. The maximum absolute atomic E-state index is 13.6. The number of carbonyl (C=O) groups is 2. The number of halogens is 2. The minimum Gasteiger partial charge on any atom is -0.379 e. The molecule has 2 heterocycles. The average molecular weight is 590 g/mol. The molecule has 196 valence electrons. The molecule has 1 aliphatic rings. The van der Waals surface area contributed by atoms with Gasteiger partial charge in [-0.15, -0.1) is 11.3 Å². The van der Waals surface area contributed by atoms with Crippen molar-refractivity contribution in [3.05, 3.63) is 86.8 Å². The van der Waals surface area contributed by atoms with Gasteiger partial charge in [-0.3, -0.25) is 9.69 Å². The fourth-order valence-corrected chi connectivity index (χ4v) is 5.10. The van der Waals surface area contributed by atoms with Crippen LogP contribution in [0.4, 0.5) is 14.9 Å². The molecule has 3 aromatic rings. The van der Waals surface area contributed by atoms with E-state index in [0.717, 1.165) is 28.0 Å². The molecule has 1 N–H and O–H groups in total. The molecule has 0 aliphatic carbocycles. The minimum atomic E-state index is -0.341. The summed E-state index contributed by atoms with van der Waals surface area (Å²) in [6, 6.07) is 17.1. The van der Waals surface area contributed by atoms with E-state index in [1.54, 1.807) is 33.3 Å². The number of benzene rings is 2. The van der Waals surface area contributed by atoms with Crippen LogP contribution in [0.15, 0.2) is 70.5 Å². The highest BCUT2D eigenvalue weighted by Gasteiger charge is 2.24. The maximum atomic E-state index is 13.6. The van der Waals surface area contributed by atoms with Gasteiger partial charge in [0.1, 0.15) is 12.4 Å². The molecular formula is C27H30BrFN4O3S. The van der Waals surface area contributed by atoms with E-state index in [4.69, 9.17) is 4.74 Å². The molecule has 4 rings (SSSR count). The smallest absolute Gasteiger partial charge is 0.322 e. The fraction of sp³-hybridized carbons (Fsp3) is 0.333. The van der Waals surface area contributed by atoms with Gasteiger partial charge in [-0.25, -0.2) is 9.18 Å². The second-order valence-corrected chi connectivity index (χ2v) is 10.6. The van der Waals surface area contributed by atoms with E-state index < -0.39 is 0 Å². The summed E-state index contributed by atoms with van der Waals surface area (Å²) in [5.74, 6) is -0.500. The Morgan fingerprint density at radius 1 is 1.00 bits per heavy atom. The summed E-state index contributed by atoms with van der Waals surface area (Å²) in [5.41, 5.74) is 1.46. The molecule has 1 saturated heterocycles. The van der Waals surface area contributed by atoms with E-state index in [1.807, 2.05) is 41.8 Å². The van der Waals surface area contributed by atoms with Crippen LogP contribution >= 0.6 is 27.3 Å². The lowest BCUT2D eigenvalue weighted by molar-refractivity contribution is -0.133. The number of morpholine rings is 1. The Morgan fingerprint density at radius 3 is 2.46 bits per heavy atom. The Balaban J connectivity index is 1.49. The topological polar surface area (TPSA) is 65.1 Å². The number of anilines is 1. The number of nitrogens with one attached hydrogen (secondary N) is 1. The van der Waals surface area contributed by atoms with Crippen molar-refractivity contribution in [2.75, 3.05) is 51.3 Å². The lowest BCUT2D eigenvalue weighted by Gasteiger charge is -2.31. The zero-order valence-corrected chi connectivity index (χ0v) is 22.8. The van der Waals surface area contributed by atoms with Gasteiger partial charge in [0.2, 0.25) is 5.91 Å². The first kappa shape index (κ1) is 27.3. The SMILES string of the molecule is O=C(CN(CCN1CCOCC1)C(=O)Nc1ccccc1Br)N(Cc1ccc(F)cc1)Cc1cccs1. The first-order valence-electron chi connectivity index (χ1n) is 12.1. The molecule has 0 radical (unpaired) electrons. The molecule has 0 saturated carbocycles. The van der Waals surface area contributed by atoms with Crippen molar-refractivity contribution in [2.24, 2.45) is 0 Å². The van der Waals surface area contributed by atoms with Crippen LogP contribution in [-0.4, -0.2) is 72.6 Å². The van der Waals surface area contributed by atoms with Crippen molar-refractivity contribution in [3.63, 3.8) is 0 Å². The molecule has 0 unspecified atom stereocenters. The molecule has 37 heavy (non-hydrogen) atoms. The molecule has 7 nitrogen and oxygen atoms in total. The summed E-state index contributed by atoms with van der Waals surface area (Å²) in [7, 11) is 0. The number of urea groups is 1. The molecule has 0 atom stereocenters. The number of hydrogen-bond acceptors (Lipinski definition) is 5. The van der Waals surface area contributed by atoms with Crippen LogP contribution in [0.25, 0.3) is 0 Å². The van der Waals surface area contributed by atoms with E-state index in [0.29, 0.717) is 45.1 Å². The first-order valence-corrected chi connectivity index (χ1v) is 13.8. The molecule has 3 amide bonds. The van der Waals surface area contributed by atoms with Crippen LogP contribution in [-0.2, 0) is 22.6 Å². The number of thiophene rings is 1. The van der Waals surface area contributed by atoms with Gasteiger partial charge in [0.25, 0.3) is 0 Å². The number of ether oxygens (including phenoxy) is 1. The van der Waals surface area contributed by atoms with E-state index in [2.05, 4.69) is 26.1 Å². The highest BCUT2D eigenvalue weighted by Crippen LogP contribution is 2.22. The van der Waals surface area contributed by atoms with Crippen LogP contribution in [0, 0.1) is 5.82 Å². The Morgan fingerprint density at radius 2 is 1.76 bits per heavy atom. The molecule has 1 aliphatic heterocycles. The summed E-state index contributed by atoms with van der Waals surface area (Å²) in [6.07, 6.45) is 0. The van der Waals surface area contributed by atoms with Crippen molar-refractivity contribution < 1.29 is 18.7 Å². The second kappa shape index (κ2) is 13.7. The molecule has 1 fully saturated rings. The molecule has 10 heteroatoms. The van der Waals surface area contributed by atoms with Crippen molar-refractivity contribution in [1.82, 2.24) is 14.7 Å². The Labute approximate surface area is 228 Å². The summed E-state index contributed by atoms with van der Waals surface area (Å²) in [5, 5.41) is 4.90. The molecular weight excluding hydrogens is 559 g/mol. The fourth-order valence-electron chi connectivity index (χ4n) is 3.99. The predicted octanol–water partition coefficient (Wildman–Crippen LogP) is 5.04. The standard InChI is InChI=1S/C27H30BrFN4O3S/c28-24-5-1-2-6-25(24)30-27(35)32(12-11-31-13-15-36-16-14-31)20-26(34)33(19-23-4-3-17-37-23)18-21-7-9-22(29)10-8-21/h1-10,17H,11-16,18-20H2,(H,30,35). The van der Waals surface area contributed by atoms with E-state index in [1.165, 1.54) is 12.1 Å².